The van der Waals surface area contributed by atoms with E-state index in [2.05, 4.69) is 4.98 Å². The molecule has 4 heteroatoms. The number of pyridine rings is 1. The van der Waals surface area contributed by atoms with Crippen molar-refractivity contribution in [1.29, 1.82) is 0 Å². The van der Waals surface area contributed by atoms with E-state index in [1.54, 1.807) is 12.1 Å². The van der Waals surface area contributed by atoms with Gasteiger partial charge in [-0.3, -0.25) is 0 Å². The molecule has 1 N–H and O–H groups in total. The Kier molecular flexibility index (Phi) is 4.35. The van der Waals surface area contributed by atoms with Gasteiger partial charge in [0.25, 0.3) is 0 Å². The van der Waals surface area contributed by atoms with E-state index in [1.165, 1.54) is 0 Å². The highest BCUT2D eigenvalue weighted by molar-refractivity contribution is 5.90. The highest BCUT2D eigenvalue weighted by Crippen LogP contribution is 2.21. The van der Waals surface area contributed by atoms with Crippen molar-refractivity contribution in [2.45, 2.75) is 26.4 Å². The van der Waals surface area contributed by atoms with Gasteiger partial charge < -0.3 is 9.84 Å². The first-order valence-corrected chi connectivity index (χ1v) is 6.49. The van der Waals surface area contributed by atoms with Gasteiger partial charge in [-0.15, -0.1) is 0 Å². The van der Waals surface area contributed by atoms with Gasteiger partial charge in [-0.05, 0) is 23.6 Å². The van der Waals surface area contributed by atoms with Crippen molar-refractivity contribution in [2.24, 2.45) is 0 Å². The largest absolute Gasteiger partial charge is 0.477 e. The molecule has 0 unspecified atom stereocenters. The highest BCUT2D eigenvalue weighted by Gasteiger charge is 2.15. The maximum atomic E-state index is 11.2. The fourth-order valence-corrected chi connectivity index (χ4v) is 1.78. The van der Waals surface area contributed by atoms with Crippen molar-refractivity contribution in [1.82, 2.24) is 4.98 Å². The third-order valence-corrected chi connectivity index (χ3v) is 2.92. The molecule has 0 bridgehead atoms. The first-order valence-electron chi connectivity index (χ1n) is 6.49. The van der Waals surface area contributed by atoms with Gasteiger partial charge in [-0.1, -0.05) is 44.2 Å². The predicted molar refractivity (Wildman–Crippen MR) is 76.1 cm³/mol. The molecule has 104 valence electrons. The van der Waals surface area contributed by atoms with Gasteiger partial charge in [-0.25, -0.2) is 9.78 Å². The standard InChI is InChI=1S/C16H17NO3/c1-11(2)14-9-8-13(16(18)19)15(17-14)20-10-12-6-4-3-5-7-12/h3-9,11H,10H2,1-2H3,(H,18,19). The Morgan fingerprint density at radius 1 is 1.20 bits per heavy atom. The molecule has 1 aromatic heterocycles. The number of rotatable bonds is 5. The zero-order chi connectivity index (χ0) is 14.5. The second kappa shape index (κ2) is 6.19. The van der Waals surface area contributed by atoms with Crippen LogP contribution >= 0.6 is 0 Å². The van der Waals surface area contributed by atoms with Crippen molar-refractivity contribution in [3.63, 3.8) is 0 Å². The summed E-state index contributed by atoms with van der Waals surface area (Å²) in [5.74, 6) is -0.639. The minimum atomic E-state index is -1.03. The number of benzene rings is 1. The molecule has 0 amide bonds. The van der Waals surface area contributed by atoms with E-state index in [9.17, 15) is 9.90 Å². The third-order valence-electron chi connectivity index (χ3n) is 2.92. The van der Waals surface area contributed by atoms with E-state index in [-0.39, 0.29) is 17.4 Å². The van der Waals surface area contributed by atoms with Crippen LogP contribution in [0, 0.1) is 0 Å². The van der Waals surface area contributed by atoms with E-state index < -0.39 is 5.97 Å². The van der Waals surface area contributed by atoms with Crippen LogP contribution in [0.25, 0.3) is 0 Å². The fourth-order valence-electron chi connectivity index (χ4n) is 1.78. The summed E-state index contributed by atoms with van der Waals surface area (Å²) in [5, 5.41) is 9.17. The van der Waals surface area contributed by atoms with Crippen LogP contribution in [0.5, 0.6) is 5.88 Å². The second-order valence-corrected chi connectivity index (χ2v) is 4.82. The molecule has 0 fully saturated rings. The first-order chi connectivity index (χ1) is 9.58. The number of carboxylic acids is 1. The molecule has 1 heterocycles. The van der Waals surface area contributed by atoms with Crippen LogP contribution in [0.15, 0.2) is 42.5 Å². The van der Waals surface area contributed by atoms with Crippen LogP contribution in [0.4, 0.5) is 0 Å². The minimum Gasteiger partial charge on any atom is -0.477 e. The molecule has 0 spiro atoms. The number of aromatic carboxylic acids is 1. The fraction of sp³-hybridized carbons (Fsp3) is 0.250. The van der Waals surface area contributed by atoms with Crippen molar-refractivity contribution in [2.75, 3.05) is 0 Å². The first kappa shape index (κ1) is 14.1. The zero-order valence-electron chi connectivity index (χ0n) is 11.5. The van der Waals surface area contributed by atoms with Gasteiger partial charge in [0.15, 0.2) is 0 Å². The van der Waals surface area contributed by atoms with Crippen LogP contribution in [0.1, 0.15) is 41.4 Å². The number of hydrogen-bond donors (Lipinski definition) is 1. The molecule has 0 aliphatic heterocycles. The van der Waals surface area contributed by atoms with Gasteiger partial charge in [0.1, 0.15) is 12.2 Å². The number of carboxylic acid groups (broad SMARTS) is 1. The predicted octanol–water partition coefficient (Wildman–Crippen LogP) is 3.48. The van der Waals surface area contributed by atoms with Crippen molar-refractivity contribution in [3.8, 4) is 5.88 Å². The van der Waals surface area contributed by atoms with Gasteiger partial charge in [0.2, 0.25) is 5.88 Å². The Labute approximate surface area is 118 Å². The number of hydrogen-bond acceptors (Lipinski definition) is 3. The lowest BCUT2D eigenvalue weighted by Crippen LogP contribution is -2.07. The van der Waals surface area contributed by atoms with Crippen LogP contribution < -0.4 is 4.74 Å². The maximum Gasteiger partial charge on any atom is 0.341 e. The lowest BCUT2D eigenvalue weighted by atomic mass is 10.1. The summed E-state index contributed by atoms with van der Waals surface area (Å²) < 4.78 is 5.58. The van der Waals surface area contributed by atoms with Crippen LogP contribution in [0.2, 0.25) is 0 Å². The van der Waals surface area contributed by atoms with Gasteiger partial charge >= 0.3 is 5.97 Å². The van der Waals surface area contributed by atoms with E-state index in [4.69, 9.17) is 4.74 Å². The summed E-state index contributed by atoms with van der Waals surface area (Å²) in [7, 11) is 0. The van der Waals surface area contributed by atoms with E-state index in [1.807, 2.05) is 44.2 Å². The van der Waals surface area contributed by atoms with Crippen LogP contribution in [-0.2, 0) is 6.61 Å². The maximum absolute atomic E-state index is 11.2. The molecule has 2 aromatic rings. The Hall–Kier alpha value is -2.36. The Bertz CT molecular complexity index is 594. The molecule has 4 nitrogen and oxygen atoms in total. The quantitative estimate of drug-likeness (QED) is 0.904. The summed E-state index contributed by atoms with van der Waals surface area (Å²) in [6.45, 7) is 4.31. The van der Waals surface area contributed by atoms with E-state index in [0.29, 0.717) is 6.61 Å². The highest BCUT2D eigenvalue weighted by atomic mass is 16.5. The number of aromatic nitrogens is 1. The molecule has 0 atom stereocenters. The molecule has 1 aromatic carbocycles. The van der Waals surface area contributed by atoms with Gasteiger partial charge in [-0.2, -0.15) is 0 Å². The van der Waals surface area contributed by atoms with Gasteiger partial charge in [0, 0.05) is 5.69 Å². The molecular formula is C16H17NO3. The zero-order valence-corrected chi connectivity index (χ0v) is 11.5. The van der Waals surface area contributed by atoms with Crippen molar-refractivity contribution in [3.05, 3.63) is 59.3 Å². The van der Waals surface area contributed by atoms with Crippen LogP contribution in [0.3, 0.4) is 0 Å². The summed E-state index contributed by atoms with van der Waals surface area (Å²) >= 11 is 0. The Morgan fingerprint density at radius 3 is 2.50 bits per heavy atom. The molecule has 0 saturated carbocycles. The normalized spacial score (nSPS) is 10.6. The number of nitrogens with zero attached hydrogens (tertiary/aromatic N) is 1. The summed E-state index contributed by atoms with van der Waals surface area (Å²) in [5.41, 5.74) is 1.88. The summed E-state index contributed by atoms with van der Waals surface area (Å²) in [6.07, 6.45) is 0. The Morgan fingerprint density at radius 2 is 1.90 bits per heavy atom. The van der Waals surface area contributed by atoms with Gasteiger partial charge in [0.05, 0.1) is 0 Å². The molecule has 0 radical (unpaired) electrons. The topological polar surface area (TPSA) is 59.4 Å². The average Bonchev–Trinajstić information content (AvgIpc) is 2.45. The third kappa shape index (κ3) is 3.35. The summed E-state index contributed by atoms with van der Waals surface area (Å²) in [6, 6.07) is 12.9. The molecule has 0 aliphatic carbocycles. The lowest BCUT2D eigenvalue weighted by molar-refractivity contribution is 0.0690. The molecule has 0 saturated heterocycles. The summed E-state index contributed by atoms with van der Waals surface area (Å²) in [4.78, 5) is 15.5. The number of ether oxygens (including phenoxy) is 1. The van der Waals surface area contributed by atoms with Crippen molar-refractivity contribution >= 4 is 5.97 Å². The number of carbonyl (C=O) groups is 1. The van der Waals surface area contributed by atoms with E-state index >= 15 is 0 Å². The molecule has 0 aliphatic rings. The lowest BCUT2D eigenvalue weighted by Gasteiger charge is -2.11. The molecular weight excluding hydrogens is 254 g/mol. The SMILES string of the molecule is CC(C)c1ccc(C(=O)O)c(OCc2ccccc2)n1. The van der Waals surface area contributed by atoms with E-state index in [0.717, 1.165) is 11.3 Å². The Balaban J connectivity index is 2.24. The minimum absolute atomic E-state index is 0.0883. The second-order valence-electron chi connectivity index (χ2n) is 4.82. The van der Waals surface area contributed by atoms with Crippen molar-refractivity contribution < 1.29 is 14.6 Å². The smallest absolute Gasteiger partial charge is 0.341 e. The molecule has 20 heavy (non-hydrogen) atoms. The average molecular weight is 271 g/mol. The van der Waals surface area contributed by atoms with Crippen LogP contribution in [-0.4, -0.2) is 16.1 Å². The monoisotopic (exact) mass is 271 g/mol. The molecule has 2 rings (SSSR count).